The van der Waals surface area contributed by atoms with Crippen LogP contribution in [0.3, 0.4) is 0 Å². The molecular weight excluding hydrogens is 324 g/mol. The summed E-state index contributed by atoms with van der Waals surface area (Å²) in [6, 6.07) is 9.23. The van der Waals surface area contributed by atoms with Gasteiger partial charge in [-0.1, -0.05) is 11.6 Å². The number of hydrogen-bond acceptors (Lipinski definition) is 2. The van der Waals surface area contributed by atoms with Crippen LogP contribution >= 0.6 is 34.2 Å². The lowest BCUT2D eigenvalue weighted by molar-refractivity contribution is 0.482. The van der Waals surface area contributed by atoms with Crippen molar-refractivity contribution < 1.29 is 4.74 Å². The smallest absolute Gasteiger partial charge is 0.146 e. The molecule has 76 valence electrons. The average Bonchev–Trinajstić information content (AvgIpc) is 2.24. The van der Waals surface area contributed by atoms with E-state index in [4.69, 9.17) is 16.3 Å². The van der Waals surface area contributed by atoms with E-state index in [9.17, 15) is 0 Å². The second kappa shape index (κ2) is 4.81. The highest BCUT2D eigenvalue weighted by Gasteiger charge is 2.02. The van der Waals surface area contributed by atoms with Crippen molar-refractivity contribution in [3.63, 3.8) is 0 Å². The van der Waals surface area contributed by atoms with E-state index in [1.807, 2.05) is 18.2 Å². The zero-order chi connectivity index (χ0) is 10.7. The predicted octanol–water partition coefficient (Wildman–Crippen LogP) is 4.13. The molecule has 0 aliphatic carbocycles. The summed E-state index contributed by atoms with van der Waals surface area (Å²) in [5, 5.41) is 0.610. The monoisotopic (exact) mass is 331 g/mol. The summed E-state index contributed by atoms with van der Waals surface area (Å²) in [7, 11) is 0. The fourth-order valence-corrected chi connectivity index (χ4v) is 1.99. The number of pyridine rings is 1. The largest absolute Gasteiger partial charge is 0.456 e. The zero-order valence-electron chi connectivity index (χ0n) is 7.65. The summed E-state index contributed by atoms with van der Waals surface area (Å²) in [4.78, 5) is 3.91. The van der Waals surface area contributed by atoms with Crippen molar-refractivity contribution in [1.29, 1.82) is 0 Å². The van der Waals surface area contributed by atoms with Crippen molar-refractivity contribution in [3.05, 3.63) is 51.3 Å². The van der Waals surface area contributed by atoms with E-state index in [1.54, 1.807) is 24.5 Å². The van der Waals surface area contributed by atoms with Gasteiger partial charge < -0.3 is 4.74 Å². The topological polar surface area (TPSA) is 22.1 Å². The number of hydrogen-bond donors (Lipinski definition) is 0. The molecule has 0 amide bonds. The van der Waals surface area contributed by atoms with Crippen molar-refractivity contribution in [2.24, 2.45) is 0 Å². The minimum atomic E-state index is 0.610. The molecule has 0 saturated carbocycles. The molecule has 0 bridgehead atoms. The molecule has 1 aromatic carbocycles. The van der Waals surface area contributed by atoms with Crippen molar-refractivity contribution in [2.45, 2.75) is 0 Å². The SMILES string of the molecule is Clc1cc(I)ccc1Oc1ccncc1. The lowest BCUT2D eigenvalue weighted by atomic mass is 10.3. The summed E-state index contributed by atoms with van der Waals surface area (Å²) >= 11 is 8.24. The van der Waals surface area contributed by atoms with Gasteiger partial charge in [-0.2, -0.15) is 0 Å². The first-order valence-electron chi connectivity index (χ1n) is 4.28. The molecule has 2 nitrogen and oxygen atoms in total. The average molecular weight is 332 g/mol. The lowest BCUT2D eigenvalue weighted by Crippen LogP contribution is -1.85. The molecule has 0 radical (unpaired) electrons. The summed E-state index contributed by atoms with van der Waals surface area (Å²) < 4.78 is 6.67. The van der Waals surface area contributed by atoms with Gasteiger partial charge in [0.05, 0.1) is 5.02 Å². The molecule has 0 saturated heterocycles. The highest BCUT2D eigenvalue weighted by atomic mass is 127. The van der Waals surface area contributed by atoms with Gasteiger partial charge in [0.25, 0.3) is 0 Å². The molecule has 0 spiro atoms. The molecule has 0 unspecified atom stereocenters. The molecular formula is C11H7ClINO. The van der Waals surface area contributed by atoms with Crippen LogP contribution in [-0.4, -0.2) is 4.98 Å². The van der Waals surface area contributed by atoms with E-state index < -0.39 is 0 Å². The summed E-state index contributed by atoms with van der Waals surface area (Å²) in [5.41, 5.74) is 0. The maximum absolute atomic E-state index is 6.03. The van der Waals surface area contributed by atoms with E-state index in [0.29, 0.717) is 10.8 Å². The molecule has 0 fully saturated rings. The van der Waals surface area contributed by atoms with E-state index in [2.05, 4.69) is 27.6 Å². The Hall–Kier alpha value is -0.810. The zero-order valence-corrected chi connectivity index (χ0v) is 10.6. The highest BCUT2D eigenvalue weighted by Crippen LogP contribution is 2.30. The summed E-state index contributed by atoms with van der Waals surface area (Å²) in [6.45, 7) is 0. The number of benzene rings is 1. The van der Waals surface area contributed by atoms with Crippen molar-refractivity contribution in [1.82, 2.24) is 4.98 Å². The first-order valence-corrected chi connectivity index (χ1v) is 5.74. The molecule has 2 aromatic rings. The van der Waals surface area contributed by atoms with Gasteiger partial charge in [-0.25, -0.2) is 0 Å². The minimum absolute atomic E-state index is 0.610. The normalized spacial score (nSPS) is 10.0. The van der Waals surface area contributed by atoms with Crippen LogP contribution < -0.4 is 4.74 Å². The van der Waals surface area contributed by atoms with Gasteiger partial charge in [0, 0.05) is 16.0 Å². The van der Waals surface area contributed by atoms with Gasteiger partial charge in [-0.3, -0.25) is 4.98 Å². The van der Waals surface area contributed by atoms with Gasteiger partial charge in [-0.05, 0) is 52.9 Å². The van der Waals surface area contributed by atoms with Crippen LogP contribution in [0.4, 0.5) is 0 Å². The molecule has 15 heavy (non-hydrogen) atoms. The number of nitrogens with zero attached hydrogens (tertiary/aromatic N) is 1. The number of ether oxygens (including phenoxy) is 1. The predicted molar refractivity (Wildman–Crippen MR) is 68.5 cm³/mol. The van der Waals surface area contributed by atoms with Crippen molar-refractivity contribution >= 4 is 34.2 Å². The van der Waals surface area contributed by atoms with Crippen LogP contribution in [0.15, 0.2) is 42.7 Å². The molecule has 1 aromatic heterocycles. The van der Waals surface area contributed by atoms with Crippen molar-refractivity contribution in [3.8, 4) is 11.5 Å². The third-order valence-corrected chi connectivity index (χ3v) is 2.74. The Labute approximate surface area is 106 Å². The van der Waals surface area contributed by atoms with Gasteiger partial charge in [0.15, 0.2) is 0 Å². The van der Waals surface area contributed by atoms with Crippen LogP contribution in [0.1, 0.15) is 0 Å². The highest BCUT2D eigenvalue weighted by molar-refractivity contribution is 14.1. The molecule has 1 heterocycles. The molecule has 0 N–H and O–H groups in total. The summed E-state index contributed by atoms with van der Waals surface area (Å²) in [6.07, 6.45) is 3.35. The van der Waals surface area contributed by atoms with Crippen LogP contribution in [0.5, 0.6) is 11.5 Å². The standard InChI is InChI=1S/C11H7ClINO/c12-10-7-8(13)1-2-11(10)15-9-3-5-14-6-4-9/h1-7H. The maximum atomic E-state index is 6.03. The Morgan fingerprint density at radius 1 is 1.13 bits per heavy atom. The van der Waals surface area contributed by atoms with E-state index in [1.165, 1.54) is 0 Å². The number of rotatable bonds is 2. The summed E-state index contributed by atoms with van der Waals surface area (Å²) in [5.74, 6) is 1.39. The maximum Gasteiger partial charge on any atom is 0.146 e. The van der Waals surface area contributed by atoms with Gasteiger partial charge in [0.1, 0.15) is 11.5 Å². The number of aromatic nitrogens is 1. The van der Waals surface area contributed by atoms with Crippen LogP contribution in [-0.2, 0) is 0 Å². The van der Waals surface area contributed by atoms with Gasteiger partial charge in [-0.15, -0.1) is 0 Å². The second-order valence-electron chi connectivity index (χ2n) is 2.86. The Morgan fingerprint density at radius 3 is 2.53 bits per heavy atom. The third-order valence-electron chi connectivity index (χ3n) is 1.77. The minimum Gasteiger partial charge on any atom is -0.456 e. The molecule has 4 heteroatoms. The Balaban J connectivity index is 2.25. The lowest BCUT2D eigenvalue weighted by Gasteiger charge is -2.06. The Morgan fingerprint density at radius 2 is 1.87 bits per heavy atom. The first kappa shape index (κ1) is 10.7. The van der Waals surface area contributed by atoms with E-state index in [0.717, 1.165) is 9.32 Å². The first-order chi connectivity index (χ1) is 7.25. The van der Waals surface area contributed by atoms with Gasteiger partial charge >= 0.3 is 0 Å². The Bertz CT molecular complexity index is 461. The molecule has 0 aliphatic heterocycles. The van der Waals surface area contributed by atoms with Crippen LogP contribution in [0.2, 0.25) is 5.02 Å². The van der Waals surface area contributed by atoms with E-state index in [-0.39, 0.29) is 0 Å². The third kappa shape index (κ3) is 2.82. The quantitative estimate of drug-likeness (QED) is 0.772. The molecule has 2 rings (SSSR count). The molecule has 0 aliphatic rings. The van der Waals surface area contributed by atoms with Gasteiger partial charge in [0.2, 0.25) is 0 Å². The van der Waals surface area contributed by atoms with Crippen LogP contribution in [0.25, 0.3) is 0 Å². The molecule has 0 atom stereocenters. The fraction of sp³-hybridized carbons (Fsp3) is 0. The Kier molecular flexibility index (Phi) is 3.43. The fourth-order valence-electron chi connectivity index (χ4n) is 1.09. The second-order valence-corrected chi connectivity index (χ2v) is 4.51. The van der Waals surface area contributed by atoms with E-state index >= 15 is 0 Å². The number of halogens is 2. The van der Waals surface area contributed by atoms with Crippen LogP contribution in [0, 0.1) is 3.57 Å². The van der Waals surface area contributed by atoms with Crippen molar-refractivity contribution in [2.75, 3.05) is 0 Å².